The third-order valence-corrected chi connectivity index (χ3v) is 7.07. The molecule has 4 rings (SSSR count). The fraction of sp³-hybridized carbons (Fsp3) is 0.130. The first kappa shape index (κ1) is 23.5. The Hall–Kier alpha value is -2.69. The second-order valence-corrected chi connectivity index (χ2v) is 8.94. The molecule has 2 aromatic rings. The van der Waals surface area contributed by atoms with Crippen LogP contribution in [0.2, 0.25) is 0 Å². The van der Waals surface area contributed by atoms with E-state index in [1.165, 1.54) is 20.3 Å². The summed E-state index contributed by atoms with van der Waals surface area (Å²) in [5.41, 5.74) is 1.82. The number of carboxylic acid groups (broad SMARTS) is 1. The second kappa shape index (κ2) is 8.92. The Morgan fingerprint density at radius 3 is 2.36 bits per heavy atom. The van der Waals surface area contributed by atoms with Crippen molar-refractivity contribution in [2.45, 2.75) is 5.75 Å². The van der Waals surface area contributed by atoms with E-state index in [-0.39, 0.29) is 43.1 Å². The summed E-state index contributed by atoms with van der Waals surface area (Å²) >= 11 is 10.9. The SMILES string of the molecule is COc1cc2c(-c3ccc(CS)cc3C(=O)O)c3cc(OC)c(=O)c(Br)c-3oc2c(Br)c1O. The van der Waals surface area contributed by atoms with E-state index in [0.29, 0.717) is 27.8 Å². The van der Waals surface area contributed by atoms with E-state index in [9.17, 15) is 19.8 Å². The van der Waals surface area contributed by atoms with Crippen molar-refractivity contribution < 1.29 is 28.9 Å². The predicted molar refractivity (Wildman–Crippen MR) is 134 cm³/mol. The lowest BCUT2D eigenvalue weighted by molar-refractivity contribution is 0.0697. The molecule has 0 saturated heterocycles. The highest BCUT2D eigenvalue weighted by atomic mass is 79.9. The number of aromatic carboxylic acids is 1. The van der Waals surface area contributed by atoms with Crippen LogP contribution in [0, 0.1) is 0 Å². The van der Waals surface area contributed by atoms with Crippen LogP contribution >= 0.6 is 44.5 Å². The minimum Gasteiger partial charge on any atom is -0.503 e. The lowest BCUT2D eigenvalue weighted by Crippen LogP contribution is -2.10. The van der Waals surface area contributed by atoms with Gasteiger partial charge in [-0.15, -0.1) is 0 Å². The molecular weight excluding hydrogens is 580 g/mol. The molecule has 1 aliphatic carbocycles. The molecule has 7 nitrogen and oxygen atoms in total. The highest BCUT2D eigenvalue weighted by Crippen LogP contribution is 2.50. The molecule has 1 heterocycles. The minimum atomic E-state index is -1.13. The van der Waals surface area contributed by atoms with Crippen LogP contribution in [0.1, 0.15) is 15.9 Å². The van der Waals surface area contributed by atoms with Crippen molar-refractivity contribution in [1.29, 1.82) is 0 Å². The second-order valence-electron chi connectivity index (χ2n) is 7.04. The number of carbonyl (C=O) groups is 1. The van der Waals surface area contributed by atoms with Crippen molar-refractivity contribution in [2.75, 3.05) is 14.2 Å². The van der Waals surface area contributed by atoms with Crippen LogP contribution in [0.5, 0.6) is 17.2 Å². The van der Waals surface area contributed by atoms with Crippen LogP contribution in [-0.4, -0.2) is 30.4 Å². The monoisotopic (exact) mass is 594 g/mol. The molecule has 33 heavy (non-hydrogen) atoms. The molecule has 2 aliphatic rings. The van der Waals surface area contributed by atoms with E-state index in [1.54, 1.807) is 24.3 Å². The van der Waals surface area contributed by atoms with E-state index in [2.05, 4.69) is 44.5 Å². The number of phenols is 1. The summed E-state index contributed by atoms with van der Waals surface area (Å²) in [6, 6.07) is 8.07. The normalized spacial score (nSPS) is 11.2. The van der Waals surface area contributed by atoms with Gasteiger partial charge in [-0.1, -0.05) is 12.1 Å². The molecule has 1 aliphatic heterocycles. The first-order valence-electron chi connectivity index (χ1n) is 9.43. The quantitative estimate of drug-likeness (QED) is 0.194. The standard InChI is InChI=1S/C23H16Br2O7S/c1-30-14-6-12-16(10-4-3-9(8-33)5-11(10)23(28)29)13-7-15(31-2)20(27)18(25)22(13)32-21(12)17(24)19(14)26/h3-7,26,33H,8H2,1-2H3,(H,28,29). The van der Waals surface area contributed by atoms with E-state index < -0.39 is 11.4 Å². The van der Waals surface area contributed by atoms with Crippen LogP contribution < -0.4 is 14.9 Å². The largest absolute Gasteiger partial charge is 0.503 e. The van der Waals surface area contributed by atoms with E-state index >= 15 is 0 Å². The highest BCUT2D eigenvalue weighted by Gasteiger charge is 2.28. The molecule has 170 valence electrons. The highest BCUT2D eigenvalue weighted by molar-refractivity contribution is 9.11. The van der Waals surface area contributed by atoms with Gasteiger partial charge in [-0.05, 0) is 61.2 Å². The van der Waals surface area contributed by atoms with Gasteiger partial charge in [-0.3, -0.25) is 4.79 Å². The Labute approximate surface area is 209 Å². The van der Waals surface area contributed by atoms with Crippen LogP contribution in [0.4, 0.5) is 0 Å². The third kappa shape index (κ3) is 3.75. The zero-order valence-corrected chi connectivity index (χ0v) is 21.3. The minimum absolute atomic E-state index is 0.0415. The first-order chi connectivity index (χ1) is 15.7. The number of halogens is 2. The van der Waals surface area contributed by atoms with E-state index in [1.807, 2.05) is 0 Å². The summed E-state index contributed by atoms with van der Waals surface area (Å²) in [4.78, 5) is 24.9. The van der Waals surface area contributed by atoms with Gasteiger partial charge < -0.3 is 24.1 Å². The Morgan fingerprint density at radius 2 is 1.76 bits per heavy atom. The Kier molecular flexibility index (Phi) is 6.35. The van der Waals surface area contributed by atoms with Gasteiger partial charge in [0.25, 0.3) is 0 Å². The third-order valence-electron chi connectivity index (χ3n) is 5.25. The lowest BCUT2D eigenvalue weighted by Gasteiger charge is -2.20. The summed E-state index contributed by atoms with van der Waals surface area (Å²) in [5.74, 6) is -0.595. The van der Waals surface area contributed by atoms with Crippen molar-refractivity contribution in [3.05, 3.63) is 60.6 Å². The molecule has 0 amide bonds. The maximum Gasteiger partial charge on any atom is 0.336 e. The van der Waals surface area contributed by atoms with Crippen molar-refractivity contribution >= 4 is 61.4 Å². The summed E-state index contributed by atoms with van der Waals surface area (Å²) in [7, 11) is 2.77. The molecule has 0 saturated carbocycles. The molecular formula is C23H16Br2O7S. The zero-order valence-electron chi connectivity index (χ0n) is 17.2. The number of aromatic hydroxyl groups is 1. The van der Waals surface area contributed by atoms with Gasteiger partial charge in [-0.2, -0.15) is 12.6 Å². The Morgan fingerprint density at radius 1 is 1.06 bits per heavy atom. The summed E-state index contributed by atoms with van der Waals surface area (Å²) in [6.07, 6.45) is 0. The molecule has 0 radical (unpaired) electrons. The van der Waals surface area contributed by atoms with Crippen molar-refractivity contribution in [3.63, 3.8) is 0 Å². The first-order valence-corrected chi connectivity index (χ1v) is 11.6. The molecule has 2 aromatic carbocycles. The number of thiol groups is 1. The Balaban J connectivity index is 2.31. The van der Waals surface area contributed by atoms with Crippen molar-refractivity contribution in [1.82, 2.24) is 0 Å². The number of carboxylic acids is 1. The molecule has 0 bridgehead atoms. The number of phenolic OH excluding ortho intramolecular Hbond substituents is 1. The molecule has 0 unspecified atom stereocenters. The maximum atomic E-state index is 12.7. The van der Waals surface area contributed by atoms with E-state index in [0.717, 1.165) is 5.56 Å². The van der Waals surface area contributed by atoms with E-state index in [4.69, 9.17) is 13.9 Å². The molecule has 0 atom stereocenters. The van der Waals surface area contributed by atoms with Crippen LogP contribution in [0.25, 0.3) is 33.4 Å². The lowest BCUT2D eigenvalue weighted by atomic mass is 9.89. The average molecular weight is 596 g/mol. The number of hydrogen-bond donors (Lipinski definition) is 3. The van der Waals surface area contributed by atoms with Crippen LogP contribution in [-0.2, 0) is 5.75 Å². The summed E-state index contributed by atoms with van der Waals surface area (Å²) in [6.45, 7) is 0. The van der Waals surface area contributed by atoms with Crippen molar-refractivity contribution in [2.24, 2.45) is 0 Å². The number of ether oxygens (including phenoxy) is 2. The summed E-state index contributed by atoms with van der Waals surface area (Å²) < 4.78 is 16.9. The Bertz CT molecular complexity index is 1460. The molecule has 0 fully saturated rings. The van der Waals surface area contributed by atoms with Gasteiger partial charge in [0.05, 0.1) is 19.8 Å². The van der Waals surface area contributed by atoms with Gasteiger partial charge in [0.1, 0.15) is 8.95 Å². The van der Waals surface area contributed by atoms with Gasteiger partial charge in [-0.25, -0.2) is 4.79 Å². The van der Waals surface area contributed by atoms with Gasteiger partial charge in [0, 0.05) is 22.3 Å². The number of fused-ring (bicyclic) bond motifs is 2. The van der Waals surface area contributed by atoms with Crippen molar-refractivity contribution in [3.8, 4) is 39.7 Å². The predicted octanol–water partition coefficient (Wildman–Crippen LogP) is 5.94. The number of methoxy groups -OCH3 is 2. The fourth-order valence-electron chi connectivity index (χ4n) is 3.69. The van der Waals surface area contributed by atoms with Gasteiger partial charge >= 0.3 is 5.97 Å². The maximum absolute atomic E-state index is 12.7. The molecule has 10 heteroatoms. The molecule has 2 N–H and O–H groups in total. The number of hydrogen-bond acceptors (Lipinski definition) is 7. The smallest absolute Gasteiger partial charge is 0.336 e. The van der Waals surface area contributed by atoms with Crippen LogP contribution in [0.15, 0.2) is 48.5 Å². The molecule has 0 spiro atoms. The van der Waals surface area contributed by atoms with Crippen LogP contribution in [0.3, 0.4) is 0 Å². The summed E-state index contributed by atoms with van der Waals surface area (Å²) in [5, 5.41) is 21.0. The fourth-order valence-corrected chi connectivity index (χ4v) is 4.87. The number of rotatable bonds is 5. The topological polar surface area (TPSA) is 106 Å². The number of benzene rings is 3. The zero-order chi connectivity index (χ0) is 24.0. The van der Waals surface area contributed by atoms with Gasteiger partial charge in [0.2, 0.25) is 5.43 Å². The average Bonchev–Trinajstić information content (AvgIpc) is 2.82. The molecule has 0 aromatic heterocycles. The van der Waals surface area contributed by atoms with Gasteiger partial charge in [0.15, 0.2) is 28.6 Å².